The fourth-order valence-corrected chi connectivity index (χ4v) is 8.89. The van der Waals surface area contributed by atoms with E-state index >= 15 is 0 Å². The van der Waals surface area contributed by atoms with Gasteiger partial charge in [0, 0.05) is 49.2 Å². The Labute approximate surface area is 198 Å². The number of hydrogen-bond donors (Lipinski definition) is 0. The number of aromatic nitrogens is 1. The summed E-state index contributed by atoms with van der Waals surface area (Å²) in [5.41, 5.74) is 3.25. The van der Waals surface area contributed by atoms with Gasteiger partial charge in [0.15, 0.2) is 5.78 Å². The van der Waals surface area contributed by atoms with Gasteiger partial charge in [-0.15, -0.1) is 0 Å². The van der Waals surface area contributed by atoms with Crippen LogP contribution in [0.25, 0.3) is 0 Å². The second kappa shape index (κ2) is 8.25. The SMILES string of the molecule is Cc1cc(C(=O)CN2CCN(C(=O)C34CC5CC(CC(C5)C3)C4)CC2)c(C)n1C1CCCC1. The van der Waals surface area contributed by atoms with Crippen LogP contribution in [0.4, 0.5) is 0 Å². The van der Waals surface area contributed by atoms with Crippen LogP contribution in [0.5, 0.6) is 0 Å². The van der Waals surface area contributed by atoms with Gasteiger partial charge in [-0.25, -0.2) is 0 Å². The van der Waals surface area contributed by atoms with Gasteiger partial charge in [-0.3, -0.25) is 14.5 Å². The summed E-state index contributed by atoms with van der Waals surface area (Å²) in [6.07, 6.45) is 12.7. The molecule has 180 valence electrons. The Balaban J connectivity index is 1.07. The lowest BCUT2D eigenvalue weighted by molar-refractivity contribution is -0.159. The first kappa shape index (κ1) is 21.9. The maximum atomic E-state index is 13.7. The van der Waals surface area contributed by atoms with Crippen LogP contribution in [0.3, 0.4) is 0 Å². The Morgan fingerprint density at radius 2 is 1.48 bits per heavy atom. The molecule has 1 saturated heterocycles. The van der Waals surface area contributed by atoms with Gasteiger partial charge in [-0.05, 0) is 89.0 Å². The van der Waals surface area contributed by atoms with Crippen LogP contribution in [-0.2, 0) is 4.79 Å². The lowest BCUT2D eigenvalue weighted by Gasteiger charge is -2.57. The van der Waals surface area contributed by atoms with Gasteiger partial charge in [0.25, 0.3) is 0 Å². The number of carbonyl (C=O) groups is 2. The molecule has 2 heterocycles. The Morgan fingerprint density at radius 1 is 0.909 bits per heavy atom. The van der Waals surface area contributed by atoms with Crippen LogP contribution >= 0.6 is 0 Å². The molecule has 4 bridgehead atoms. The van der Waals surface area contributed by atoms with Gasteiger partial charge in [0.1, 0.15) is 0 Å². The van der Waals surface area contributed by atoms with Gasteiger partial charge in [-0.1, -0.05) is 12.8 Å². The van der Waals surface area contributed by atoms with E-state index in [4.69, 9.17) is 0 Å². The van der Waals surface area contributed by atoms with Crippen LogP contribution in [0.15, 0.2) is 6.07 Å². The molecule has 6 aliphatic rings. The average molecular weight is 452 g/mol. The Kier molecular flexibility index (Phi) is 5.47. The average Bonchev–Trinajstić information content (AvgIpc) is 3.40. The minimum Gasteiger partial charge on any atom is -0.345 e. The summed E-state index contributed by atoms with van der Waals surface area (Å²) in [6, 6.07) is 2.69. The lowest BCUT2D eigenvalue weighted by Crippen LogP contribution is -2.58. The van der Waals surface area contributed by atoms with Crippen molar-refractivity contribution in [3.63, 3.8) is 0 Å². The molecule has 7 rings (SSSR count). The molecule has 5 heteroatoms. The number of amides is 1. The maximum Gasteiger partial charge on any atom is 0.228 e. The normalized spacial score (nSPS) is 34.4. The topological polar surface area (TPSA) is 45.6 Å². The summed E-state index contributed by atoms with van der Waals surface area (Å²) < 4.78 is 2.42. The zero-order valence-electron chi connectivity index (χ0n) is 20.7. The number of nitrogens with zero attached hydrogens (tertiary/aromatic N) is 3. The minimum atomic E-state index is -0.0372. The van der Waals surface area contributed by atoms with E-state index in [1.54, 1.807) is 0 Å². The fourth-order valence-electron chi connectivity index (χ4n) is 8.89. The first-order chi connectivity index (χ1) is 15.9. The van der Waals surface area contributed by atoms with Crippen LogP contribution < -0.4 is 0 Å². The number of aryl methyl sites for hydroxylation is 1. The predicted octanol–water partition coefficient (Wildman–Crippen LogP) is 4.76. The second-order valence-corrected chi connectivity index (χ2v) is 12.3. The Hall–Kier alpha value is -1.62. The van der Waals surface area contributed by atoms with Gasteiger partial charge in [0.2, 0.25) is 5.91 Å². The summed E-state index contributed by atoms with van der Waals surface area (Å²) in [5.74, 6) is 3.12. The number of rotatable bonds is 5. The smallest absolute Gasteiger partial charge is 0.228 e. The molecule has 0 spiro atoms. The molecule has 0 aromatic carbocycles. The molecule has 1 aromatic heterocycles. The van der Waals surface area contributed by atoms with E-state index in [0.717, 1.165) is 74.5 Å². The fraction of sp³-hybridized carbons (Fsp3) is 0.786. The highest BCUT2D eigenvalue weighted by Gasteiger charge is 2.55. The molecule has 33 heavy (non-hydrogen) atoms. The van der Waals surface area contributed by atoms with Crippen molar-refractivity contribution in [1.82, 2.24) is 14.4 Å². The van der Waals surface area contributed by atoms with Crippen LogP contribution in [-0.4, -0.2) is 58.8 Å². The second-order valence-electron chi connectivity index (χ2n) is 12.3. The molecule has 0 radical (unpaired) electrons. The minimum absolute atomic E-state index is 0.0372. The van der Waals surface area contributed by atoms with Crippen molar-refractivity contribution in [1.29, 1.82) is 0 Å². The van der Waals surface area contributed by atoms with Crippen molar-refractivity contribution in [2.24, 2.45) is 23.2 Å². The Bertz CT molecular complexity index is 898. The summed E-state index contributed by atoms with van der Waals surface area (Å²) >= 11 is 0. The van der Waals surface area contributed by atoms with E-state index in [0.29, 0.717) is 18.5 Å². The van der Waals surface area contributed by atoms with E-state index in [9.17, 15) is 9.59 Å². The molecule has 0 unspecified atom stereocenters. The van der Waals surface area contributed by atoms with Crippen molar-refractivity contribution in [3.05, 3.63) is 23.0 Å². The van der Waals surface area contributed by atoms with Gasteiger partial charge in [0.05, 0.1) is 12.0 Å². The molecule has 6 fully saturated rings. The summed E-state index contributed by atoms with van der Waals surface area (Å²) in [5, 5.41) is 0. The van der Waals surface area contributed by atoms with Crippen molar-refractivity contribution < 1.29 is 9.59 Å². The molecule has 0 N–H and O–H groups in total. The predicted molar refractivity (Wildman–Crippen MR) is 129 cm³/mol. The Morgan fingerprint density at radius 3 is 2.06 bits per heavy atom. The van der Waals surface area contributed by atoms with Gasteiger partial charge < -0.3 is 9.47 Å². The molecular formula is C28H41N3O2. The van der Waals surface area contributed by atoms with Crippen LogP contribution in [0.2, 0.25) is 0 Å². The monoisotopic (exact) mass is 451 g/mol. The highest BCUT2D eigenvalue weighted by molar-refractivity contribution is 5.99. The van der Waals surface area contributed by atoms with E-state index in [1.165, 1.54) is 50.6 Å². The number of piperazine rings is 1. The van der Waals surface area contributed by atoms with Gasteiger partial charge >= 0.3 is 0 Å². The van der Waals surface area contributed by atoms with E-state index in [1.807, 2.05) is 0 Å². The molecular weight excluding hydrogens is 410 g/mol. The largest absolute Gasteiger partial charge is 0.345 e. The first-order valence-corrected chi connectivity index (χ1v) is 13.7. The molecule has 5 nitrogen and oxygen atoms in total. The van der Waals surface area contributed by atoms with Crippen LogP contribution in [0.1, 0.15) is 92.0 Å². The van der Waals surface area contributed by atoms with Crippen molar-refractivity contribution in [3.8, 4) is 0 Å². The molecule has 1 aromatic rings. The highest BCUT2D eigenvalue weighted by Crippen LogP contribution is 2.60. The van der Waals surface area contributed by atoms with Crippen molar-refractivity contribution in [2.45, 2.75) is 84.1 Å². The molecule has 0 atom stereocenters. The van der Waals surface area contributed by atoms with Crippen molar-refractivity contribution >= 4 is 11.7 Å². The number of Topliss-reactive ketones (excluding diaryl/α,β-unsaturated/α-hetero) is 1. The summed E-state index contributed by atoms with van der Waals surface area (Å²) in [4.78, 5) is 31.3. The highest BCUT2D eigenvalue weighted by atomic mass is 16.2. The number of hydrogen-bond acceptors (Lipinski definition) is 3. The third-order valence-electron chi connectivity index (χ3n) is 9.99. The third-order valence-corrected chi connectivity index (χ3v) is 9.99. The maximum absolute atomic E-state index is 13.7. The molecule has 5 saturated carbocycles. The first-order valence-electron chi connectivity index (χ1n) is 13.7. The van der Waals surface area contributed by atoms with Gasteiger partial charge in [-0.2, -0.15) is 0 Å². The van der Waals surface area contributed by atoms with E-state index < -0.39 is 0 Å². The lowest BCUT2D eigenvalue weighted by atomic mass is 9.49. The number of ketones is 1. The van der Waals surface area contributed by atoms with E-state index in [-0.39, 0.29) is 11.2 Å². The molecule has 1 amide bonds. The number of carbonyl (C=O) groups excluding carboxylic acids is 2. The summed E-state index contributed by atoms with van der Waals surface area (Å²) in [7, 11) is 0. The summed E-state index contributed by atoms with van der Waals surface area (Å²) in [6.45, 7) is 7.98. The zero-order chi connectivity index (χ0) is 22.7. The van der Waals surface area contributed by atoms with Crippen LogP contribution in [0, 0.1) is 37.0 Å². The zero-order valence-corrected chi connectivity index (χ0v) is 20.7. The third kappa shape index (κ3) is 3.79. The molecule has 5 aliphatic carbocycles. The standard InChI is InChI=1S/C28H41N3O2/c1-19-11-25(20(2)31(19)24-5-3-4-6-24)26(32)18-29-7-9-30(10-8-29)27(33)28-15-21-12-22(16-28)14-23(13-21)17-28/h11,21-24H,3-10,12-18H2,1-2H3. The van der Waals surface area contributed by atoms with Crippen molar-refractivity contribution in [2.75, 3.05) is 32.7 Å². The molecule has 1 aliphatic heterocycles. The quantitative estimate of drug-likeness (QED) is 0.606. The van der Waals surface area contributed by atoms with E-state index in [2.05, 4.69) is 34.3 Å².